The number of benzene rings is 1. The number of carbonyl (C=O) groups excluding carboxylic acids is 1. The van der Waals surface area contributed by atoms with Crippen LogP contribution in [0.3, 0.4) is 0 Å². The Hall–Kier alpha value is -2.82. The van der Waals surface area contributed by atoms with Crippen molar-refractivity contribution in [2.45, 2.75) is 31.1 Å². The van der Waals surface area contributed by atoms with Gasteiger partial charge >= 0.3 is 0 Å². The molecule has 0 aliphatic rings. The number of amides is 1. The third kappa shape index (κ3) is 5.14. The molecule has 0 fully saturated rings. The van der Waals surface area contributed by atoms with Gasteiger partial charge in [0.2, 0.25) is 15.9 Å². The number of aromatic nitrogens is 3. The minimum atomic E-state index is -4.01. The van der Waals surface area contributed by atoms with E-state index in [9.17, 15) is 13.2 Å². The summed E-state index contributed by atoms with van der Waals surface area (Å²) in [5, 5.41) is 7.91. The van der Waals surface area contributed by atoms with Crippen molar-refractivity contribution < 1.29 is 17.9 Å². The van der Waals surface area contributed by atoms with Gasteiger partial charge in [-0.3, -0.25) is 14.5 Å². The summed E-state index contributed by atoms with van der Waals surface area (Å²) in [4.78, 5) is 17.1. The first-order valence-corrected chi connectivity index (χ1v) is 11.7. The molecular formula is C22H29N5O4S. The van der Waals surface area contributed by atoms with Crippen LogP contribution in [-0.2, 0) is 32.0 Å². The SMILES string of the molecule is COCCN(CC(=O)Nc1cc(C(C)(C)C)nn1C)S(=O)(=O)c1cccc2cccnc12. The highest BCUT2D eigenvalue weighted by Crippen LogP contribution is 2.25. The highest BCUT2D eigenvalue weighted by atomic mass is 32.2. The number of sulfonamides is 1. The van der Waals surface area contributed by atoms with Gasteiger partial charge in [0, 0.05) is 43.8 Å². The van der Waals surface area contributed by atoms with Crippen LogP contribution in [0.4, 0.5) is 5.82 Å². The number of hydrogen-bond donors (Lipinski definition) is 1. The van der Waals surface area contributed by atoms with Crippen molar-refractivity contribution >= 4 is 32.7 Å². The van der Waals surface area contributed by atoms with Crippen molar-refractivity contribution in [2.24, 2.45) is 7.05 Å². The van der Waals surface area contributed by atoms with E-state index in [1.165, 1.54) is 13.2 Å². The molecule has 0 saturated heterocycles. The maximum Gasteiger partial charge on any atom is 0.245 e. The lowest BCUT2D eigenvalue weighted by Gasteiger charge is -2.22. The van der Waals surface area contributed by atoms with Gasteiger partial charge in [-0.05, 0) is 12.1 Å². The standard InChI is InChI=1S/C22H29N5O4S/c1-22(2,3)18-14-19(26(4)25-18)24-20(28)15-27(12-13-31-5)32(29,30)17-10-6-8-16-9-7-11-23-21(16)17/h6-11,14H,12-13,15H2,1-5H3,(H,24,28). The van der Waals surface area contributed by atoms with E-state index < -0.39 is 15.9 Å². The molecule has 9 nitrogen and oxygen atoms in total. The second kappa shape index (κ2) is 9.35. The third-order valence-electron chi connectivity index (χ3n) is 4.99. The number of fused-ring (bicyclic) bond motifs is 1. The molecule has 1 amide bonds. The molecule has 0 saturated carbocycles. The zero-order valence-electron chi connectivity index (χ0n) is 19.0. The first-order chi connectivity index (χ1) is 15.0. The van der Waals surface area contributed by atoms with E-state index >= 15 is 0 Å². The van der Waals surface area contributed by atoms with Crippen molar-refractivity contribution in [3.63, 3.8) is 0 Å². The molecule has 0 bridgehead atoms. The predicted octanol–water partition coefficient (Wildman–Crippen LogP) is 2.54. The van der Waals surface area contributed by atoms with Gasteiger partial charge in [0.25, 0.3) is 0 Å². The number of para-hydroxylation sites is 1. The molecule has 0 spiro atoms. The van der Waals surface area contributed by atoms with E-state index in [1.807, 2.05) is 20.8 Å². The van der Waals surface area contributed by atoms with Crippen LogP contribution in [-0.4, -0.2) is 60.2 Å². The second-order valence-corrected chi connectivity index (χ2v) is 10.4. The van der Waals surface area contributed by atoms with E-state index in [0.717, 1.165) is 10.00 Å². The molecule has 1 N–H and O–H groups in total. The summed E-state index contributed by atoms with van der Waals surface area (Å²) in [6.07, 6.45) is 1.54. The second-order valence-electron chi connectivity index (χ2n) is 8.50. The van der Waals surface area contributed by atoms with Crippen molar-refractivity contribution in [3.8, 4) is 0 Å². The number of anilines is 1. The summed E-state index contributed by atoms with van der Waals surface area (Å²) in [5.41, 5.74) is 0.996. The van der Waals surface area contributed by atoms with Crippen LogP contribution in [0.5, 0.6) is 0 Å². The first-order valence-electron chi connectivity index (χ1n) is 10.2. The molecule has 1 aromatic carbocycles. The Bertz CT molecular complexity index is 1210. The summed E-state index contributed by atoms with van der Waals surface area (Å²) in [5.74, 6) is 0.0252. The summed E-state index contributed by atoms with van der Waals surface area (Å²) in [6.45, 7) is 5.87. The lowest BCUT2D eigenvalue weighted by atomic mass is 9.92. The normalized spacial score (nSPS) is 12.4. The Labute approximate surface area is 188 Å². The van der Waals surface area contributed by atoms with E-state index in [2.05, 4.69) is 15.4 Å². The largest absolute Gasteiger partial charge is 0.383 e. The minimum Gasteiger partial charge on any atom is -0.383 e. The van der Waals surface area contributed by atoms with Crippen LogP contribution in [0.1, 0.15) is 26.5 Å². The highest BCUT2D eigenvalue weighted by Gasteiger charge is 2.29. The summed E-state index contributed by atoms with van der Waals surface area (Å²) < 4.78 is 34.7. The quantitative estimate of drug-likeness (QED) is 0.555. The number of pyridine rings is 1. The lowest BCUT2D eigenvalue weighted by Crippen LogP contribution is -2.40. The van der Waals surface area contributed by atoms with Gasteiger partial charge in [0.1, 0.15) is 10.7 Å². The van der Waals surface area contributed by atoms with E-state index in [0.29, 0.717) is 16.7 Å². The molecular weight excluding hydrogens is 430 g/mol. The predicted molar refractivity (Wildman–Crippen MR) is 123 cm³/mol. The van der Waals surface area contributed by atoms with Crippen molar-refractivity contribution in [1.29, 1.82) is 0 Å². The maximum atomic E-state index is 13.5. The maximum absolute atomic E-state index is 13.5. The van der Waals surface area contributed by atoms with Crippen LogP contribution < -0.4 is 5.32 Å². The van der Waals surface area contributed by atoms with Gasteiger partial charge in [-0.1, -0.05) is 39.0 Å². The van der Waals surface area contributed by atoms with Crippen LogP contribution in [0.15, 0.2) is 47.5 Å². The number of nitrogens with one attached hydrogen (secondary N) is 1. The molecule has 0 aliphatic heterocycles. The zero-order valence-corrected chi connectivity index (χ0v) is 19.8. The molecule has 10 heteroatoms. The van der Waals surface area contributed by atoms with E-state index in [-0.39, 0.29) is 30.0 Å². The fraction of sp³-hybridized carbons (Fsp3) is 0.409. The molecule has 2 aromatic heterocycles. The molecule has 172 valence electrons. The Morgan fingerprint density at radius 3 is 2.59 bits per heavy atom. The number of hydrogen-bond acceptors (Lipinski definition) is 6. The average Bonchev–Trinajstić information content (AvgIpc) is 3.11. The fourth-order valence-corrected chi connectivity index (χ4v) is 4.74. The number of rotatable bonds is 8. The van der Waals surface area contributed by atoms with Gasteiger partial charge in [-0.15, -0.1) is 0 Å². The van der Waals surface area contributed by atoms with Gasteiger partial charge in [-0.2, -0.15) is 9.40 Å². The van der Waals surface area contributed by atoms with Gasteiger partial charge in [0.15, 0.2) is 0 Å². The number of carbonyl (C=O) groups is 1. The number of aryl methyl sites for hydroxylation is 1. The summed E-state index contributed by atoms with van der Waals surface area (Å²) in [6, 6.07) is 10.3. The number of methoxy groups -OCH3 is 1. The van der Waals surface area contributed by atoms with E-state index in [1.54, 1.807) is 48.3 Å². The summed E-state index contributed by atoms with van der Waals surface area (Å²) >= 11 is 0. The van der Waals surface area contributed by atoms with Crippen LogP contribution in [0, 0.1) is 0 Å². The molecule has 0 atom stereocenters. The third-order valence-corrected chi connectivity index (χ3v) is 6.87. The minimum absolute atomic E-state index is 0.0219. The molecule has 0 unspecified atom stereocenters. The highest BCUT2D eigenvalue weighted by molar-refractivity contribution is 7.89. The average molecular weight is 460 g/mol. The lowest BCUT2D eigenvalue weighted by molar-refractivity contribution is -0.116. The Morgan fingerprint density at radius 1 is 1.22 bits per heavy atom. The Morgan fingerprint density at radius 2 is 1.94 bits per heavy atom. The van der Waals surface area contributed by atoms with Crippen LogP contribution in [0.2, 0.25) is 0 Å². The van der Waals surface area contributed by atoms with Gasteiger partial charge in [0.05, 0.1) is 24.4 Å². The van der Waals surface area contributed by atoms with Gasteiger partial charge in [-0.25, -0.2) is 8.42 Å². The fourth-order valence-electron chi connectivity index (χ4n) is 3.19. The molecule has 0 aliphatic carbocycles. The molecule has 3 rings (SSSR count). The smallest absolute Gasteiger partial charge is 0.245 e. The number of nitrogens with zero attached hydrogens (tertiary/aromatic N) is 4. The Balaban J connectivity index is 1.88. The molecule has 32 heavy (non-hydrogen) atoms. The molecule has 3 aromatic rings. The van der Waals surface area contributed by atoms with Crippen LogP contribution in [0.25, 0.3) is 10.9 Å². The van der Waals surface area contributed by atoms with Crippen LogP contribution >= 0.6 is 0 Å². The topological polar surface area (TPSA) is 106 Å². The zero-order chi connectivity index (χ0) is 23.5. The van der Waals surface area contributed by atoms with Crippen molar-refractivity contribution in [3.05, 3.63) is 48.3 Å². The van der Waals surface area contributed by atoms with E-state index in [4.69, 9.17) is 4.74 Å². The number of ether oxygens (including phenoxy) is 1. The summed E-state index contributed by atoms with van der Waals surface area (Å²) in [7, 11) is -0.799. The molecule has 0 radical (unpaired) electrons. The van der Waals surface area contributed by atoms with Crippen molar-refractivity contribution in [1.82, 2.24) is 19.1 Å². The Kier molecular flexibility index (Phi) is 6.97. The first kappa shape index (κ1) is 23.8. The molecule has 2 heterocycles. The van der Waals surface area contributed by atoms with Crippen molar-refractivity contribution in [2.75, 3.05) is 32.1 Å². The monoisotopic (exact) mass is 459 g/mol. The van der Waals surface area contributed by atoms with Gasteiger partial charge < -0.3 is 10.1 Å².